The van der Waals surface area contributed by atoms with E-state index in [4.69, 9.17) is 10.8 Å². The Hall–Kier alpha value is -2.31. The van der Waals surface area contributed by atoms with Crippen molar-refractivity contribution in [3.8, 4) is 0 Å². The van der Waals surface area contributed by atoms with Gasteiger partial charge in [-0.25, -0.2) is 4.79 Å². The molecule has 7 heteroatoms. The van der Waals surface area contributed by atoms with E-state index < -0.39 is 30.2 Å². The fourth-order valence-electron chi connectivity index (χ4n) is 1.11. The average molecular weight is 225 g/mol. The lowest BCUT2D eigenvalue weighted by atomic mass is 10.2. The highest BCUT2D eigenvalue weighted by Gasteiger charge is 2.22. The molecule has 0 bridgehead atoms. The summed E-state index contributed by atoms with van der Waals surface area (Å²) in [6.45, 7) is 0. The maximum atomic E-state index is 11.4. The van der Waals surface area contributed by atoms with E-state index in [1.165, 1.54) is 12.3 Å². The summed E-state index contributed by atoms with van der Waals surface area (Å²) >= 11 is 0. The molecule has 0 fully saturated rings. The number of carboxylic acids is 1. The molecule has 86 valence electrons. The molecule has 0 aromatic carbocycles. The molecule has 1 rings (SSSR count). The number of carbonyl (C=O) groups is 3. The highest BCUT2D eigenvalue weighted by Crippen LogP contribution is 1.98. The second-order valence-electron chi connectivity index (χ2n) is 3.12. The van der Waals surface area contributed by atoms with E-state index in [-0.39, 0.29) is 5.69 Å². The monoisotopic (exact) mass is 225 g/mol. The maximum Gasteiger partial charge on any atom is 0.326 e. The molecule has 1 unspecified atom stereocenters. The van der Waals surface area contributed by atoms with Crippen molar-refractivity contribution >= 4 is 17.8 Å². The van der Waals surface area contributed by atoms with Gasteiger partial charge in [-0.2, -0.15) is 0 Å². The molecule has 0 saturated heterocycles. The molecule has 0 radical (unpaired) electrons. The number of primary amides is 1. The molecule has 0 aliphatic rings. The predicted molar refractivity (Wildman–Crippen MR) is 53.5 cm³/mol. The van der Waals surface area contributed by atoms with Crippen LogP contribution in [0.5, 0.6) is 0 Å². The Morgan fingerprint density at radius 1 is 1.50 bits per heavy atom. The smallest absolute Gasteiger partial charge is 0.326 e. The van der Waals surface area contributed by atoms with E-state index >= 15 is 0 Å². The zero-order chi connectivity index (χ0) is 12.1. The number of H-pyrrole nitrogens is 1. The molecule has 5 N–H and O–H groups in total. The number of rotatable bonds is 5. The number of hydrogen-bond acceptors (Lipinski definition) is 3. The predicted octanol–water partition coefficient (Wildman–Crippen LogP) is -0.927. The van der Waals surface area contributed by atoms with Crippen LogP contribution in [0.1, 0.15) is 16.9 Å². The standard InChI is InChI=1S/C9H11N3O4/c10-7(13)4-6(9(15)16)12-8(14)5-2-1-3-11-5/h1-3,6,11H,4H2,(H2,10,13)(H,12,14)(H,15,16). The number of nitrogens with one attached hydrogen (secondary N) is 2. The molecule has 7 nitrogen and oxygen atoms in total. The molecule has 1 atom stereocenters. The van der Waals surface area contributed by atoms with Crippen LogP contribution in [0, 0.1) is 0 Å². The quantitative estimate of drug-likeness (QED) is 0.516. The van der Waals surface area contributed by atoms with Crippen LogP contribution in [-0.2, 0) is 9.59 Å². The summed E-state index contributed by atoms with van der Waals surface area (Å²) in [4.78, 5) is 35.3. The Labute approximate surface area is 90.6 Å². The van der Waals surface area contributed by atoms with Gasteiger partial charge in [-0.05, 0) is 12.1 Å². The molecule has 0 spiro atoms. The lowest BCUT2D eigenvalue weighted by Crippen LogP contribution is -2.43. The molecule has 1 aromatic heterocycles. The number of hydrogen-bond donors (Lipinski definition) is 4. The minimum Gasteiger partial charge on any atom is -0.480 e. The zero-order valence-electron chi connectivity index (χ0n) is 8.27. The molecular formula is C9H11N3O4. The van der Waals surface area contributed by atoms with Gasteiger partial charge in [0.2, 0.25) is 5.91 Å². The van der Waals surface area contributed by atoms with Crippen LogP contribution in [0.3, 0.4) is 0 Å². The van der Waals surface area contributed by atoms with E-state index in [1.807, 2.05) is 0 Å². The van der Waals surface area contributed by atoms with Crippen LogP contribution in [0.15, 0.2) is 18.3 Å². The van der Waals surface area contributed by atoms with Crippen LogP contribution in [0.2, 0.25) is 0 Å². The van der Waals surface area contributed by atoms with Gasteiger partial charge in [0.15, 0.2) is 0 Å². The van der Waals surface area contributed by atoms with Gasteiger partial charge >= 0.3 is 5.97 Å². The molecular weight excluding hydrogens is 214 g/mol. The Morgan fingerprint density at radius 2 is 2.19 bits per heavy atom. The second kappa shape index (κ2) is 4.96. The summed E-state index contributed by atoms with van der Waals surface area (Å²) < 4.78 is 0. The molecule has 16 heavy (non-hydrogen) atoms. The summed E-state index contributed by atoms with van der Waals surface area (Å²) in [5, 5.41) is 10.9. The van der Waals surface area contributed by atoms with Crippen molar-refractivity contribution in [2.24, 2.45) is 5.73 Å². The van der Waals surface area contributed by atoms with Crippen molar-refractivity contribution in [2.75, 3.05) is 0 Å². The Bertz CT molecular complexity index is 399. The van der Waals surface area contributed by atoms with Crippen molar-refractivity contribution in [2.45, 2.75) is 12.5 Å². The normalized spacial score (nSPS) is 11.8. The molecule has 0 saturated carbocycles. The molecule has 2 amide bonds. The molecule has 1 aromatic rings. The van der Waals surface area contributed by atoms with Crippen LogP contribution in [0.4, 0.5) is 0 Å². The summed E-state index contributed by atoms with van der Waals surface area (Å²) in [7, 11) is 0. The molecule has 0 aliphatic heterocycles. The summed E-state index contributed by atoms with van der Waals surface area (Å²) in [5.41, 5.74) is 5.08. The fourth-order valence-corrected chi connectivity index (χ4v) is 1.11. The zero-order valence-corrected chi connectivity index (χ0v) is 8.27. The van der Waals surface area contributed by atoms with Crippen LogP contribution in [-0.4, -0.2) is 33.9 Å². The van der Waals surface area contributed by atoms with E-state index in [1.54, 1.807) is 6.07 Å². The first-order chi connectivity index (χ1) is 7.50. The first kappa shape index (κ1) is 11.8. The lowest BCUT2D eigenvalue weighted by Gasteiger charge is -2.11. The Kier molecular flexibility index (Phi) is 3.65. The summed E-state index contributed by atoms with van der Waals surface area (Å²) in [6, 6.07) is 1.77. The van der Waals surface area contributed by atoms with Crippen molar-refractivity contribution in [1.82, 2.24) is 10.3 Å². The van der Waals surface area contributed by atoms with Crippen molar-refractivity contribution in [3.63, 3.8) is 0 Å². The number of carboxylic acid groups (broad SMARTS) is 1. The number of amides is 2. The van der Waals surface area contributed by atoms with Crippen LogP contribution < -0.4 is 11.1 Å². The minimum absolute atomic E-state index is 0.218. The van der Waals surface area contributed by atoms with Gasteiger partial charge < -0.3 is 21.1 Å². The second-order valence-corrected chi connectivity index (χ2v) is 3.12. The SMILES string of the molecule is NC(=O)CC(NC(=O)c1ccc[nH]1)C(=O)O. The third-order valence-electron chi connectivity index (χ3n) is 1.85. The Morgan fingerprint density at radius 3 is 2.62 bits per heavy atom. The van der Waals surface area contributed by atoms with E-state index in [0.29, 0.717) is 0 Å². The van der Waals surface area contributed by atoms with Crippen molar-refractivity contribution in [1.29, 1.82) is 0 Å². The van der Waals surface area contributed by atoms with Gasteiger partial charge in [0.05, 0.1) is 6.42 Å². The molecule has 1 heterocycles. The fraction of sp³-hybridized carbons (Fsp3) is 0.222. The van der Waals surface area contributed by atoms with E-state index in [9.17, 15) is 14.4 Å². The van der Waals surface area contributed by atoms with Gasteiger partial charge in [-0.15, -0.1) is 0 Å². The lowest BCUT2D eigenvalue weighted by molar-refractivity contribution is -0.140. The largest absolute Gasteiger partial charge is 0.480 e. The summed E-state index contributed by atoms with van der Waals surface area (Å²) in [5.74, 6) is -2.70. The highest BCUT2D eigenvalue weighted by atomic mass is 16.4. The van der Waals surface area contributed by atoms with Gasteiger partial charge in [0, 0.05) is 6.20 Å². The van der Waals surface area contributed by atoms with E-state index in [2.05, 4.69) is 10.3 Å². The van der Waals surface area contributed by atoms with Crippen molar-refractivity contribution < 1.29 is 19.5 Å². The van der Waals surface area contributed by atoms with Gasteiger partial charge in [-0.1, -0.05) is 0 Å². The topological polar surface area (TPSA) is 125 Å². The van der Waals surface area contributed by atoms with Crippen LogP contribution >= 0.6 is 0 Å². The first-order valence-corrected chi connectivity index (χ1v) is 4.46. The van der Waals surface area contributed by atoms with E-state index in [0.717, 1.165) is 0 Å². The average Bonchev–Trinajstić information content (AvgIpc) is 2.68. The van der Waals surface area contributed by atoms with Gasteiger partial charge in [0.25, 0.3) is 5.91 Å². The highest BCUT2D eigenvalue weighted by molar-refractivity contribution is 5.96. The minimum atomic E-state index is -1.31. The number of nitrogens with two attached hydrogens (primary N) is 1. The Balaban J connectivity index is 2.65. The third kappa shape index (κ3) is 3.12. The third-order valence-corrected chi connectivity index (χ3v) is 1.85. The van der Waals surface area contributed by atoms with Gasteiger partial charge in [0.1, 0.15) is 11.7 Å². The first-order valence-electron chi connectivity index (χ1n) is 4.46. The summed E-state index contributed by atoms with van der Waals surface area (Å²) in [6.07, 6.45) is 1.08. The maximum absolute atomic E-state index is 11.4. The van der Waals surface area contributed by atoms with Gasteiger partial charge in [-0.3, -0.25) is 9.59 Å². The molecule has 0 aliphatic carbocycles. The number of aromatic amines is 1. The number of aromatic nitrogens is 1. The van der Waals surface area contributed by atoms with Crippen LogP contribution in [0.25, 0.3) is 0 Å². The number of carbonyl (C=O) groups excluding carboxylic acids is 2. The van der Waals surface area contributed by atoms with Crippen molar-refractivity contribution in [3.05, 3.63) is 24.0 Å². The number of aliphatic carboxylic acids is 1.